The van der Waals surface area contributed by atoms with E-state index in [0.717, 1.165) is 61.4 Å². The highest BCUT2D eigenvalue weighted by molar-refractivity contribution is 5.44. The average molecular weight is 482 g/mol. The van der Waals surface area contributed by atoms with Gasteiger partial charge in [0.05, 0.1) is 16.2 Å². The Morgan fingerprint density at radius 1 is 1.00 bits per heavy atom. The predicted octanol–water partition coefficient (Wildman–Crippen LogP) is 5.00. The molecule has 10 heteroatoms. The molecular weight excluding hydrogens is 456 g/mol. The molecule has 0 aliphatic carbocycles. The fourth-order valence-corrected chi connectivity index (χ4v) is 4.53. The van der Waals surface area contributed by atoms with Crippen molar-refractivity contribution < 1.29 is 18.4 Å². The van der Waals surface area contributed by atoms with E-state index in [1.165, 1.54) is 24.6 Å². The van der Waals surface area contributed by atoms with Gasteiger partial charge in [-0.1, -0.05) is 12.1 Å². The summed E-state index contributed by atoms with van der Waals surface area (Å²) in [5.41, 5.74) is 2.62. The molecule has 0 atom stereocenters. The molecule has 2 aromatic carbocycles. The van der Waals surface area contributed by atoms with Gasteiger partial charge < -0.3 is 9.64 Å². The van der Waals surface area contributed by atoms with Crippen molar-refractivity contribution in [3.05, 3.63) is 81.0 Å². The smallest absolute Gasteiger partial charge is 0.269 e. The third-order valence-electron chi connectivity index (χ3n) is 6.38. The predicted molar refractivity (Wildman–Crippen MR) is 125 cm³/mol. The molecule has 0 unspecified atom stereocenters. The highest BCUT2D eigenvalue weighted by atomic mass is 19.1. The quantitative estimate of drug-likeness (QED) is 0.362. The van der Waals surface area contributed by atoms with Crippen LogP contribution in [0.25, 0.3) is 0 Å². The van der Waals surface area contributed by atoms with Gasteiger partial charge in [-0.2, -0.15) is 4.98 Å². The number of non-ortho nitro benzene ring substituents is 1. The van der Waals surface area contributed by atoms with Crippen molar-refractivity contribution in [2.45, 2.75) is 38.8 Å². The van der Waals surface area contributed by atoms with Crippen molar-refractivity contribution in [3.63, 3.8) is 0 Å². The second-order valence-corrected chi connectivity index (χ2v) is 8.86. The number of ether oxygens (including phenoxy) is 1. The number of rotatable bonds is 6. The standard InChI is InChI=1S/C25H25F2N5O3/c26-18-6-9-23(21(27)14-18)35-24-20-16-30(15-17-4-7-19(8-5-17)32(33)34)13-10-22(20)28-25(29-24)31-11-2-1-3-12-31/h4-9,14H,1-3,10-13,15-16H2. The summed E-state index contributed by atoms with van der Waals surface area (Å²) in [6.07, 6.45) is 3.95. The number of halogens is 2. The van der Waals surface area contributed by atoms with Crippen LogP contribution in [0.4, 0.5) is 20.4 Å². The molecule has 1 aromatic heterocycles. The molecule has 1 fully saturated rings. The van der Waals surface area contributed by atoms with Crippen LogP contribution in [-0.2, 0) is 19.5 Å². The van der Waals surface area contributed by atoms with E-state index in [0.29, 0.717) is 25.5 Å². The maximum Gasteiger partial charge on any atom is 0.269 e. The summed E-state index contributed by atoms with van der Waals surface area (Å²) in [6, 6.07) is 9.68. The Labute approximate surface area is 201 Å². The molecule has 0 saturated carbocycles. The number of piperidine rings is 1. The Morgan fingerprint density at radius 3 is 2.49 bits per heavy atom. The summed E-state index contributed by atoms with van der Waals surface area (Å²) in [6.45, 7) is 3.51. The van der Waals surface area contributed by atoms with Crippen molar-refractivity contribution in [1.29, 1.82) is 0 Å². The minimum atomic E-state index is -0.796. The van der Waals surface area contributed by atoms with Crippen molar-refractivity contribution in [3.8, 4) is 11.6 Å². The summed E-state index contributed by atoms with van der Waals surface area (Å²) < 4.78 is 33.7. The number of nitro groups is 1. The number of benzene rings is 2. The molecule has 3 heterocycles. The second-order valence-electron chi connectivity index (χ2n) is 8.86. The Kier molecular flexibility index (Phi) is 6.54. The lowest BCUT2D eigenvalue weighted by Crippen LogP contribution is -2.34. The molecule has 5 rings (SSSR count). The zero-order valence-corrected chi connectivity index (χ0v) is 19.1. The first-order valence-corrected chi connectivity index (χ1v) is 11.7. The number of aromatic nitrogens is 2. The highest BCUT2D eigenvalue weighted by Gasteiger charge is 2.26. The lowest BCUT2D eigenvalue weighted by molar-refractivity contribution is -0.384. The van der Waals surface area contributed by atoms with Gasteiger partial charge in [-0.25, -0.2) is 13.8 Å². The fraction of sp³-hybridized carbons (Fsp3) is 0.360. The van der Waals surface area contributed by atoms with Gasteiger partial charge in [0.2, 0.25) is 11.8 Å². The number of hydrogen-bond donors (Lipinski definition) is 0. The van der Waals surface area contributed by atoms with Crippen LogP contribution in [0.1, 0.15) is 36.1 Å². The summed E-state index contributed by atoms with van der Waals surface area (Å²) >= 11 is 0. The van der Waals surface area contributed by atoms with Gasteiger partial charge in [-0.15, -0.1) is 0 Å². The summed E-state index contributed by atoms with van der Waals surface area (Å²) in [5, 5.41) is 10.9. The normalized spacial score (nSPS) is 16.1. The lowest BCUT2D eigenvalue weighted by atomic mass is 10.1. The zero-order chi connectivity index (χ0) is 24.4. The van der Waals surface area contributed by atoms with E-state index in [-0.39, 0.29) is 17.3 Å². The Bertz CT molecular complexity index is 1230. The second kappa shape index (κ2) is 9.91. The summed E-state index contributed by atoms with van der Waals surface area (Å²) in [5.74, 6) is -0.720. The Hall–Kier alpha value is -3.66. The van der Waals surface area contributed by atoms with E-state index in [1.54, 1.807) is 12.1 Å². The van der Waals surface area contributed by atoms with Gasteiger partial charge in [0, 0.05) is 57.3 Å². The first-order chi connectivity index (χ1) is 17.0. The molecule has 3 aromatic rings. The van der Waals surface area contributed by atoms with Gasteiger partial charge in [-0.3, -0.25) is 15.0 Å². The van der Waals surface area contributed by atoms with Crippen LogP contribution in [0.3, 0.4) is 0 Å². The molecule has 0 radical (unpaired) electrons. The molecule has 2 aliphatic rings. The third-order valence-corrected chi connectivity index (χ3v) is 6.38. The van der Waals surface area contributed by atoms with E-state index in [1.807, 2.05) is 0 Å². The minimum absolute atomic E-state index is 0.0494. The van der Waals surface area contributed by atoms with Crippen LogP contribution in [-0.4, -0.2) is 39.4 Å². The van der Waals surface area contributed by atoms with Gasteiger partial charge in [-0.05, 0) is 37.0 Å². The number of nitrogens with zero attached hydrogens (tertiary/aromatic N) is 5. The van der Waals surface area contributed by atoms with Crippen LogP contribution < -0.4 is 9.64 Å². The van der Waals surface area contributed by atoms with Crippen molar-refractivity contribution in [2.75, 3.05) is 24.5 Å². The van der Waals surface area contributed by atoms with E-state index < -0.39 is 16.6 Å². The van der Waals surface area contributed by atoms with E-state index in [2.05, 4.69) is 14.8 Å². The van der Waals surface area contributed by atoms with Crippen molar-refractivity contribution in [1.82, 2.24) is 14.9 Å². The summed E-state index contributed by atoms with van der Waals surface area (Å²) in [4.78, 5) is 24.3. The first kappa shape index (κ1) is 23.1. The molecule has 0 N–H and O–H groups in total. The van der Waals surface area contributed by atoms with Crippen molar-refractivity contribution >= 4 is 11.6 Å². The van der Waals surface area contributed by atoms with Crippen LogP contribution >= 0.6 is 0 Å². The van der Waals surface area contributed by atoms with Gasteiger partial charge in [0.25, 0.3) is 5.69 Å². The monoisotopic (exact) mass is 481 g/mol. The van der Waals surface area contributed by atoms with Gasteiger partial charge in [0.1, 0.15) is 5.82 Å². The van der Waals surface area contributed by atoms with E-state index in [4.69, 9.17) is 9.72 Å². The van der Waals surface area contributed by atoms with Crippen LogP contribution in [0, 0.1) is 21.7 Å². The molecule has 0 amide bonds. The van der Waals surface area contributed by atoms with Crippen LogP contribution in [0.15, 0.2) is 42.5 Å². The topological polar surface area (TPSA) is 84.6 Å². The van der Waals surface area contributed by atoms with E-state index >= 15 is 0 Å². The number of nitro benzene ring substituents is 1. The fourth-order valence-electron chi connectivity index (χ4n) is 4.53. The third kappa shape index (κ3) is 5.22. The molecule has 8 nitrogen and oxygen atoms in total. The van der Waals surface area contributed by atoms with Gasteiger partial charge in [0.15, 0.2) is 11.6 Å². The molecule has 2 aliphatic heterocycles. The molecule has 1 saturated heterocycles. The van der Waals surface area contributed by atoms with Crippen LogP contribution in [0.2, 0.25) is 0 Å². The number of anilines is 1. The molecule has 35 heavy (non-hydrogen) atoms. The SMILES string of the molecule is O=[N+]([O-])c1ccc(CN2CCc3nc(N4CCCCC4)nc(Oc4ccc(F)cc4F)c3C2)cc1. The molecule has 182 valence electrons. The van der Waals surface area contributed by atoms with Gasteiger partial charge >= 0.3 is 0 Å². The molecular formula is C25H25F2N5O3. The lowest BCUT2D eigenvalue weighted by Gasteiger charge is -2.32. The minimum Gasteiger partial charge on any atom is -0.435 e. The highest BCUT2D eigenvalue weighted by Crippen LogP contribution is 2.33. The maximum absolute atomic E-state index is 14.4. The first-order valence-electron chi connectivity index (χ1n) is 11.7. The van der Waals surface area contributed by atoms with Crippen molar-refractivity contribution in [2.24, 2.45) is 0 Å². The largest absolute Gasteiger partial charge is 0.435 e. The molecule has 0 spiro atoms. The molecule has 0 bridgehead atoms. The summed E-state index contributed by atoms with van der Waals surface area (Å²) in [7, 11) is 0. The Balaban J connectivity index is 1.43. The average Bonchev–Trinajstić information content (AvgIpc) is 2.86. The van der Waals surface area contributed by atoms with Crippen LogP contribution in [0.5, 0.6) is 11.6 Å². The van der Waals surface area contributed by atoms with E-state index in [9.17, 15) is 18.9 Å². The Morgan fingerprint density at radius 2 is 1.77 bits per heavy atom. The number of fused-ring (bicyclic) bond motifs is 1. The zero-order valence-electron chi connectivity index (χ0n) is 19.1. The maximum atomic E-state index is 14.4. The number of hydrogen-bond acceptors (Lipinski definition) is 7.